The van der Waals surface area contributed by atoms with Gasteiger partial charge < -0.3 is 20.2 Å². The van der Waals surface area contributed by atoms with Crippen molar-refractivity contribution in [3.63, 3.8) is 0 Å². The summed E-state index contributed by atoms with van der Waals surface area (Å²) in [4.78, 5) is 14.7. The van der Waals surface area contributed by atoms with Crippen LogP contribution in [0.3, 0.4) is 0 Å². The van der Waals surface area contributed by atoms with Crippen LogP contribution in [0.25, 0.3) is 10.9 Å². The molecule has 0 saturated heterocycles. The molecule has 3 N–H and O–H groups in total. The maximum atomic E-state index is 11.1. The molecule has 2 heterocycles. The molecule has 0 saturated carbocycles. The highest BCUT2D eigenvalue weighted by atomic mass is 35.5. The van der Waals surface area contributed by atoms with E-state index in [0.29, 0.717) is 0 Å². The monoisotopic (exact) mass is 402 g/mol. The number of benzene rings is 3. The molecule has 0 fully saturated rings. The number of hydrogen-bond acceptors (Lipinski definition) is 2. The van der Waals surface area contributed by atoms with E-state index in [1.165, 1.54) is 10.9 Å². The third-order valence-electron chi connectivity index (χ3n) is 5.83. The third-order valence-corrected chi connectivity index (χ3v) is 6.17. The number of carboxylic acid groups (broad SMARTS) is 1. The predicted octanol–water partition coefficient (Wildman–Crippen LogP) is 2.98. The Morgan fingerprint density at radius 3 is 2.48 bits per heavy atom. The predicted molar refractivity (Wildman–Crippen MR) is 111 cm³/mol. The van der Waals surface area contributed by atoms with Crippen molar-refractivity contribution >= 4 is 28.5 Å². The van der Waals surface area contributed by atoms with E-state index in [4.69, 9.17) is 11.6 Å². The van der Waals surface area contributed by atoms with Gasteiger partial charge in [0.1, 0.15) is 0 Å². The van der Waals surface area contributed by atoms with Gasteiger partial charge in [0.15, 0.2) is 6.04 Å². The standard InChI is InChI=1S/C24H19ClN2O2/c25-19-7-3-1-5-16(19)18-13-26-22(14-9-11-15(12-10-14)24(28)29)23-21(18)17-6-2-4-8-20(17)27-23/h1-12,18,22,26-27H,13H2,(H,28,29)/t18-,22-/m0/s1. The van der Waals surface area contributed by atoms with Gasteiger partial charge >= 0.3 is 0 Å². The molecule has 29 heavy (non-hydrogen) atoms. The molecule has 0 bridgehead atoms. The van der Waals surface area contributed by atoms with E-state index in [9.17, 15) is 9.90 Å². The maximum Gasteiger partial charge on any atom is 0.153 e. The lowest BCUT2D eigenvalue weighted by atomic mass is 9.83. The molecule has 2 atom stereocenters. The van der Waals surface area contributed by atoms with Gasteiger partial charge in [-0.15, -0.1) is 0 Å². The minimum Gasteiger partial charge on any atom is -0.545 e. The SMILES string of the molecule is O=C([O-])c1ccc([C@@H]2[NH2+]C[C@@H](c3ccccc3Cl)c3c2[nH]c2ccccc32)cc1. The molecule has 144 valence electrons. The summed E-state index contributed by atoms with van der Waals surface area (Å²) in [5.74, 6) is -0.983. The summed E-state index contributed by atoms with van der Waals surface area (Å²) >= 11 is 6.56. The number of aromatic carboxylic acids is 1. The van der Waals surface area contributed by atoms with E-state index < -0.39 is 5.97 Å². The quantitative estimate of drug-likeness (QED) is 0.553. The van der Waals surface area contributed by atoms with Gasteiger partial charge in [-0.2, -0.15) is 0 Å². The van der Waals surface area contributed by atoms with Gasteiger partial charge in [-0.1, -0.05) is 72.3 Å². The van der Waals surface area contributed by atoms with E-state index >= 15 is 0 Å². The van der Waals surface area contributed by atoms with Crippen LogP contribution in [0.15, 0.2) is 72.8 Å². The van der Waals surface area contributed by atoms with Gasteiger partial charge in [0, 0.05) is 27.1 Å². The van der Waals surface area contributed by atoms with Crippen molar-refractivity contribution in [1.29, 1.82) is 0 Å². The van der Waals surface area contributed by atoms with Crippen molar-refractivity contribution in [2.24, 2.45) is 0 Å². The second-order valence-corrected chi connectivity index (χ2v) is 7.84. The molecule has 5 rings (SSSR count). The average Bonchev–Trinajstić information content (AvgIpc) is 3.13. The molecule has 3 aromatic carbocycles. The Morgan fingerprint density at radius 1 is 1.00 bits per heavy atom. The fraction of sp³-hybridized carbons (Fsp3) is 0.125. The summed E-state index contributed by atoms with van der Waals surface area (Å²) in [6.45, 7) is 0.853. The van der Waals surface area contributed by atoms with Crippen molar-refractivity contribution in [2.75, 3.05) is 6.54 Å². The number of H-pyrrole nitrogens is 1. The number of carbonyl (C=O) groups is 1. The molecule has 1 aliphatic heterocycles. The second-order valence-electron chi connectivity index (χ2n) is 7.43. The lowest BCUT2D eigenvalue weighted by molar-refractivity contribution is -0.692. The smallest absolute Gasteiger partial charge is 0.153 e. The number of nitrogens with two attached hydrogens (primary N) is 1. The van der Waals surface area contributed by atoms with Crippen LogP contribution in [0.1, 0.15) is 44.7 Å². The number of para-hydroxylation sites is 1. The molecule has 0 radical (unpaired) electrons. The van der Waals surface area contributed by atoms with Gasteiger partial charge in [0.25, 0.3) is 0 Å². The van der Waals surface area contributed by atoms with Crippen LogP contribution >= 0.6 is 11.6 Å². The number of fused-ring (bicyclic) bond motifs is 3. The van der Waals surface area contributed by atoms with Gasteiger partial charge in [0.05, 0.1) is 24.1 Å². The number of carbonyl (C=O) groups excluding carboxylic acids is 1. The zero-order valence-corrected chi connectivity index (χ0v) is 16.3. The van der Waals surface area contributed by atoms with Crippen LogP contribution in [0.4, 0.5) is 0 Å². The number of quaternary nitrogens is 1. The van der Waals surface area contributed by atoms with Crippen molar-refractivity contribution in [3.8, 4) is 0 Å². The molecule has 1 aliphatic rings. The van der Waals surface area contributed by atoms with Crippen molar-refractivity contribution in [2.45, 2.75) is 12.0 Å². The topological polar surface area (TPSA) is 72.5 Å². The van der Waals surface area contributed by atoms with E-state index in [-0.39, 0.29) is 17.5 Å². The van der Waals surface area contributed by atoms with Gasteiger partial charge in [-0.25, -0.2) is 0 Å². The van der Waals surface area contributed by atoms with Crippen LogP contribution < -0.4 is 10.4 Å². The Labute approximate surface area is 173 Å². The Kier molecular flexibility index (Phi) is 4.38. The Morgan fingerprint density at radius 2 is 1.72 bits per heavy atom. The Balaban J connectivity index is 1.67. The fourth-order valence-corrected chi connectivity index (χ4v) is 4.75. The summed E-state index contributed by atoms with van der Waals surface area (Å²) < 4.78 is 0. The molecule has 5 heteroatoms. The van der Waals surface area contributed by atoms with E-state index in [2.05, 4.69) is 34.6 Å². The van der Waals surface area contributed by atoms with Crippen LogP contribution in [-0.2, 0) is 0 Å². The zero-order chi connectivity index (χ0) is 20.0. The normalized spacial score (nSPS) is 18.5. The molecule has 0 unspecified atom stereocenters. The number of aromatic nitrogens is 1. The number of rotatable bonds is 3. The third kappa shape index (κ3) is 3.01. The first-order valence-corrected chi connectivity index (χ1v) is 10.0. The Hall–Kier alpha value is -3.08. The summed E-state index contributed by atoms with van der Waals surface area (Å²) in [6.07, 6.45) is 0. The number of carboxylic acids is 1. The first kappa shape index (κ1) is 18.0. The summed E-state index contributed by atoms with van der Waals surface area (Å²) in [6, 6.07) is 23.4. The van der Waals surface area contributed by atoms with Gasteiger partial charge in [-0.3, -0.25) is 0 Å². The highest BCUT2D eigenvalue weighted by Gasteiger charge is 2.36. The van der Waals surface area contributed by atoms with Gasteiger partial charge in [-0.05, 0) is 23.3 Å². The summed E-state index contributed by atoms with van der Waals surface area (Å²) in [5, 5.41) is 15.4. The molecular weight excluding hydrogens is 384 g/mol. The molecular formula is C24H19ClN2O2. The number of aromatic amines is 1. The van der Waals surface area contributed by atoms with E-state index in [1.807, 2.05) is 36.4 Å². The first-order valence-electron chi connectivity index (χ1n) is 9.63. The van der Waals surface area contributed by atoms with E-state index in [1.54, 1.807) is 12.1 Å². The number of nitrogens with one attached hydrogen (secondary N) is 1. The van der Waals surface area contributed by atoms with Crippen LogP contribution in [0.2, 0.25) is 5.02 Å². The highest BCUT2D eigenvalue weighted by molar-refractivity contribution is 6.31. The molecule has 0 spiro atoms. The Bertz CT molecular complexity index is 1210. The minimum atomic E-state index is -1.16. The fourth-order valence-electron chi connectivity index (χ4n) is 4.48. The maximum absolute atomic E-state index is 11.1. The molecule has 1 aromatic heterocycles. The average molecular weight is 403 g/mol. The van der Waals surface area contributed by atoms with Crippen molar-refractivity contribution in [3.05, 3.63) is 106 Å². The second kappa shape index (κ2) is 7.07. The molecule has 0 aliphatic carbocycles. The largest absolute Gasteiger partial charge is 0.545 e. The molecule has 0 amide bonds. The lowest BCUT2D eigenvalue weighted by Crippen LogP contribution is -2.88. The number of hydrogen-bond donors (Lipinski definition) is 2. The first-order chi connectivity index (χ1) is 14.1. The number of halogens is 1. The minimum absolute atomic E-state index is 0.0620. The van der Waals surface area contributed by atoms with Gasteiger partial charge in [0.2, 0.25) is 0 Å². The molecule has 4 nitrogen and oxygen atoms in total. The van der Waals surface area contributed by atoms with Crippen LogP contribution in [0, 0.1) is 0 Å². The van der Waals surface area contributed by atoms with Crippen molar-refractivity contribution < 1.29 is 15.2 Å². The van der Waals surface area contributed by atoms with Crippen LogP contribution in [-0.4, -0.2) is 17.5 Å². The lowest BCUT2D eigenvalue weighted by Gasteiger charge is -2.29. The van der Waals surface area contributed by atoms with Crippen LogP contribution in [0.5, 0.6) is 0 Å². The summed E-state index contributed by atoms with van der Waals surface area (Å²) in [5.41, 5.74) is 5.88. The molecule has 4 aromatic rings. The van der Waals surface area contributed by atoms with E-state index in [0.717, 1.165) is 33.9 Å². The van der Waals surface area contributed by atoms with Crippen molar-refractivity contribution in [1.82, 2.24) is 4.98 Å². The highest BCUT2D eigenvalue weighted by Crippen LogP contribution is 2.40. The summed E-state index contributed by atoms with van der Waals surface area (Å²) in [7, 11) is 0. The zero-order valence-electron chi connectivity index (χ0n) is 15.6.